The molecule has 1 amide bonds. The number of carbonyl (C=O) groups is 1. The molecular weight excluding hydrogens is 456 g/mol. The summed E-state index contributed by atoms with van der Waals surface area (Å²) in [7, 11) is -3.77. The largest absolute Gasteiger partial charge is 0.482 e. The molecule has 0 radical (unpaired) electrons. The number of sulfonamides is 1. The molecule has 4 rings (SSSR count). The first kappa shape index (κ1) is 21.9. The summed E-state index contributed by atoms with van der Waals surface area (Å²) in [5.41, 5.74) is 1.36. The summed E-state index contributed by atoms with van der Waals surface area (Å²) in [6.07, 6.45) is 0. The second kappa shape index (κ2) is 9.47. The molecule has 0 saturated carbocycles. The third kappa shape index (κ3) is 5.31. The van der Waals surface area contributed by atoms with Gasteiger partial charge in [-0.25, -0.2) is 13.1 Å². The zero-order valence-electron chi connectivity index (χ0n) is 16.7. The molecule has 166 valence electrons. The predicted molar refractivity (Wildman–Crippen MR) is 119 cm³/mol. The first-order valence-electron chi connectivity index (χ1n) is 9.56. The van der Waals surface area contributed by atoms with E-state index >= 15 is 0 Å². The lowest BCUT2D eigenvalue weighted by Crippen LogP contribution is -2.23. The Morgan fingerprint density at radius 1 is 1.00 bits per heavy atom. The molecule has 3 aromatic carbocycles. The fourth-order valence-corrected chi connectivity index (χ4v) is 4.28. The Labute approximate surface area is 190 Å². The van der Waals surface area contributed by atoms with Gasteiger partial charge in [-0.2, -0.15) is 0 Å². The van der Waals surface area contributed by atoms with E-state index in [1.807, 2.05) is 30.3 Å². The van der Waals surface area contributed by atoms with E-state index in [0.717, 1.165) is 5.56 Å². The third-order valence-electron chi connectivity index (χ3n) is 4.54. The van der Waals surface area contributed by atoms with E-state index in [1.165, 1.54) is 18.2 Å². The lowest BCUT2D eigenvalue weighted by Gasteiger charge is -2.11. The maximum Gasteiger partial charge on any atom is 0.262 e. The summed E-state index contributed by atoms with van der Waals surface area (Å²) in [4.78, 5) is 12.2. The molecule has 8 nitrogen and oxygen atoms in total. The third-order valence-corrected chi connectivity index (χ3v) is 6.23. The van der Waals surface area contributed by atoms with E-state index in [-0.39, 0.29) is 35.6 Å². The quantitative estimate of drug-likeness (QED) is 0.517. The SMILES string of the molecule is O=C(COc1ccc(S(=O)(=O)NCc2ccccc2)cc1Cl)Nc1ccc2c(c1)OCO2. The molecule has 0 saturated heterocycles. The van der Waals surface area contributed by atoms with Crippen LogP contribution >= 0.6 is 11.6 Å². The molecule has 0 unspecified atom stereocenters. The lowest BCUT2D eigenvalue weighted by atomic mass is 10.2. The highest BCUT2D eigenvalue weighted by atomic mass is 35.5. The van der Waals surface area contributed by atoms with Crippen molar-refractivity contribution in [3.05, 3.63) is 77.3 Å². The fraction of sp³-hybridized carbons (Fsp3) is 0.136. The second-order valence-electron chi connectivity index (χ2n) is 6.81. The van der Waals surface area contributed by atoms with Crippen LogP contribution in [-0.2, 0) is 21.4 Å². The molecular formula is C22H19ClN2O6S. The molecule has 1 aliphatic rings. The predicted octanol–water partition coefficient (Wildman–Crippen LogP) is 3.56. The van der Waals surface area contributed by atoms with Crippen LogP contribution in [0, 0.1) is 0 Å². The number of anilines is 1. The molecule has 0 fully saturated rings. The van der Waals surface area contributed by atoms with Crippen LogP contribution in [0.3, 0.4) is 0 Å². The number of hydrogen-bond donors (Lipinski definition) is 2. The van der Waals surface area contributed by atoms with Crippen molar-refractivity contribution in [2.75, 3.05) is 18.7 Å². The zero-order chi connectivity index (χ0) is 22.6. The molecule has 32 heavy (non-hydrogen) atoms. The highest BCUT2D eigenvalue weighted by molar-refractivity contribution is 7.89. The second-order valence-corrected chi connectivity index (χ2v) is 8.98. The van der Waals surface area contributed by atoms with Crippen LogP contribution in [0.5, 0.6) is 17.2 Å². The fourth-order valence-electron chi connectivity index (χ4n) is 2.94. The summed E-state index contributed by atoms with van der Waals surface area (Å²) < 4.78 is 43.5. The van der Waals surface area contributed by atoms with E-state index in [0.29, 0.717) is 17.2 Å². The van der Waals surface area contributed by atoms with Gasteiger partial charge in [0.25, 0.3) is 5.91 Å². The Hall–Kier alpha value is -3.27. The summed E-state index contributed by atoms with van der Waals surface area (Å²) >= 11 is 6.18. The molecule has 0 aromatic heterocycles. The minimum atomic E-state index is -3.77. The Bertz CT molecular complexity index is 1230. The molecule has 2 N–H and O–H groups in total. The van der Waals surface area contributed by atoms with E-state index in [2.05, 4.69) is 10.0 Å². The minimum Gasteiger partial charge on any atom is -0.482 e. The maximum atomic E-state index is 12.5. The Morgan fingerprint density at radius 3 is 2.56 bits per heavy atom. The topological polar surface area (TPSA) is 103 Å². The molecule has 0 spiro atoms. The van der Waals surface area contributed by atoms with E-state index in [4.69, 9.17) is 25.8 Å². The van der Waals surface area contributed by atoms with E-state index < -0.39 is 15.9 Å². The smallest absolute Gasteiger partial charge is 0.262 e. The Balaban J connectivity index is 1.34. The number of ether oxygens (including phenoxy) is 3. The van der Waals surface area contributed by atoms with Gasteiger partial charge in [0.15, 0.2) is 18.1 Å². The number of benzene rings is 3. The number of carbonyl (C=O) groups excluding carboxylic acids is 1. The average molecular weight is 475 g/mol. The Kier molecular flexibility index (Phi) is 6.50. The van der Waals surface area contributed by atoms with Crippen LogP contribution in [0.2, 0.25) is 5.02 Å². The van der Waals surface area contributed by atoms with Crippen LogP contribution < -0.4 is 24.2 Å². The highest BCUT2D eigenvalue weighted by Crippen LogP contribution is 2.34. The van der Waals surface area contributed by atoms with Gasteiger partial charge in [-0.3, -0.25) is 4.79 Å². The lowest BCUT2D eigenvalue weighted by molar-refractivity contribution is -0.118. The van der Waals surface area contributed by atoms with Crippen molar-refractivity contribution in [1.82, 2.24) is 4.72 Å². The van der Waals surface area contributed by atoms with Crippen molar-refractivity contribution in [3.8, 4) is 17.2 Å². The first-order valence-corrected chi connectivity index (χ1v) is 11.4. The van der Waals surface area contributed by atoms with Gasteiger partial charge < -0.3 is 19.5 Å². The van der Waals surface area contributed by atoms with E-state index in [1.54, 1.807) is 18.2 Å². The maximum absolute atomic E-state index is 12.5. The van der Waals surface area contributed by atoms with Gasteiger partial charge in [-0.1, -0.05) is 41.9 Å². The van der Waals surface area contributed by atoms with E-state index in [9.17, 15) is 13.2 Å². The van der Waals surface area contributed by atoms with Crippen molar-refractivity contribution < 1.29 is 27.4 Å². The first-order chi connectivity index (χ1) is 15.4. The molecule has 0 aliphatic carbocycles. The van der Waals surface area contributed by atoms with Crippen molar-refractivity contribution in [1.29, 1.82) is 0 Å². The van der Waals surface area contributed by atoms with Crippen LogP contribution in [0.4, 0.5) is 5.69 Å². The molecule has 3 aromatic rings. The summed E-state index contributed by atoms with van der Waals surface area (Å²) in [5.74, 6) is 0.930. The van der Waals surface area contributed by atoms with Gasteiger partial charge in [0.05, 0.1) is 9.92 Å². The normalized spacial score (nSPS) is 12.4. The van der Waals surface area contributed by atoms with Crippen molar-refractivity contribution in [3.63, 3.8) is 0 Å². The van der Waals surface area contributed by atoms with Crippen molar-refractivity contribution in [2.24, 2.45) is 0 Å². The number of amides is 1. The average Bonchev–Trinajstić information content (AvgIpc) is 3.25. The van der Waals surface area contributed by atoms with Gasteiger partial charge in [-0.15, -0.1) is 0 Å². The number of halogens is 1. The van der Waals surface area contributed by atoms with Crippen molar-refractivity contribution in [2.45, 2.75) is 11.4 Å². The number of rotatable bonds is 8. The molecule has 0 atom stereocenters. The standard InChI is InChI=1S/C22H19ClN2O6S/c23-18-11-17(32(27,28)24-12-15-4-2-1-3-5-15)7-9-19(18)29-13-22(26)25-16-6-8-20-21(10-16)31-14-30-20/h1-11,24H,12-14H2,(H,25,26). The minimum absolute atomic E-state index is 0.00408. The van der Waals surface area contributed by atoms with Gasteiger partial charge in [0.1, 0.15) is 5.75 Å². The summed E-state index contributed by atoms with van der Waals surface area (Å²) in [6.45, 7) is -0.0204. The van der Waals surface area contributed by atoms with Crippen LogP contribution in [0.1, 0.15) is 5.56 Å². The van der Waals surface area contributed by atoms with Crippen LogP contribution in [0.15, 0.2) is 71.6 Å². The van der Waals surface area contributed by atoms with Crippen LogP contribution in [-0.4, -0.2) is 27.7 Å². The summed E-state index contributed by atoms with van der Waals surface area (Å²) in [5, 5.41) is 2.75. The summed E-state index contributed by atoms with van der Waals surface area (Å²) in [6, 6.07) is 18.2. The van der Waals surface area contributed by atoms with Gasteiger partial charge in [-0.05, 0) is 35.9 Å². The number of hydrogen-bond acceptors (Lipinski definition) is 6. The van der Waals surface area contributed by atoms with Crippen LogP contribution in [0.25, 0.3) is 0 Å². The van der Waals surface area contributed by atoms with Crippen molar-refractivity contribution >= 4 is 33.2 Å². The molecule has 1 heterocycles. The Morgan fingerprint density at radius 2 is 1.78 bits per heavy atom. The van der Waals surface area contributed by atoms with Gasteiger partial charge >= 0.3 is 0 Å². The zero-order valence-corrected chi connectivity index (χ0v) is 18.3. The number of fused-ring (bicyclic) bond motifs is 1. The number of nitrogens with one attached hydrogen (secondary N) is 2. The van der Waals surface area contributed by atoms with Gasteiger partial charge in [0.2, 0.25) is 16.8 Å². The molecule has 1 aliphatic heterocycles. The molecule has 0 bridgehead atoms. The highest BCUT2D eigenvalue weighted by Gasteiger charge is 2.17. The van der Waals surface area contributed by atoms with Gasteiger partial charge in [0, 0.05) is 18.3 Å². The molecule has 10 heteroatoms. The monoisotopic (exact) mass is 474 g/mol.